The van der Waals surface area contributed by atoms with E-state index < -0.39 is 0 Å². The first-order valence-electron chi connectivity index (χ1n) is 7.90. The number of hydrogen-bond acceptors (Lipinski definition) is 3. The summed E-state index contributed by atoms with van der Waals surface area (Å²) in [5.74, 6) is 3.80. The van der Waals surface area contributed by atoms with Crippen molar-refractivity contribution in [1.29, 1.82) is 0 Å². The fraction of sp³-hybridized carbons (Fsp3) is 0.625. The Balaban J connectivity index is 1.48. The molecular weight excluding hydrogens is 248 g/mol. The van der Waals surface area contributed by atoms with E-state index in [1.54, 1.807) is 6.33 Å². The first kappa shape index (κ1) is 11.1. The van der Waals surface area contributed by atoms with Crippen LogP contribution in [0.25, 0.3) is 11.0 Å². The molecule has 4 nitrogen and oxygen atoms in total. The lowest BCUT2D eigenvalue weighted by Crippen LogP contribution is -2.51. The van der Waals surface area contributed by atoms with E-state index in [0.29, 0.717) is 6.04 Å². The Morgan fingerprint density at radius 3 is 2.50 bits per heavy atom. The van der Waals surface area contributed by atoms with Crippen molar-refractivity contribution in [3.63, 3.8) is 0 Å². The Bertz CT molecular complexity index is 619. The molecule has 0 saturated heterocycles. The number of nitrogens with zero attached hydrogens (tertiary/aromatic N) is 2. The van der Waals surface area contributed by atoms with Gasteiger partial charge in [0.05, 0.1) is 29.9 Å². The molecule has 0 unspecified atom stereocenters. The van der Waals surface area contributed by atoms with E-state index in [4.69, 9.17) is 0 Å². The lowest BCUT2D eigenvalue weighted by atomic mass is 9.54. The van der Waals surface area contributed by atoms with Gasteiger partial charge in [-0.25, -0.2) is 4.98 Å². The fourth-order valence-corrected chi connectivity index (χ4v) is 5.31. The SMILES string of the molecule is c1nc2c(NC3C4CC5CC(C4)CC3C5)cncc2[nH]1. The molecule has 0 aliphatic heterocycles. The Hall–Kier alpha value is -1.58. The van der Waals surface area contributed by atoms with E-state index in [-0.39, 0.29) is 0 Å². The second-order valence-corrected chi connectivity index (χ2v) is 7.09. The van der Waals surface area contributed by atoms with Crippen LogP contribution in [-0.4, -0.2) is 21.0 Å². The summed E-state index contributed by atoms with van der Waals surface area (Å²) in [5, 5.41) is 3.81. The summed E-state index contributed by atoms with van der Waals surface area (Å²) >= 11 is 0. The molecule has 2 aromatic heterocycles. The summed E-state index contributed by atoms with van der Waals surface area (Å²) < 4.78 is 0. The third-order valence-corrected chi connectivity index (χ3v) is 5.88. The average Bonchev–Trinajstić information content (AvgIpc) is 2.91. The normalized spacial score (nSPS) is 38.5. The van der Waals surface area contributed by atoms with E-state index in [1.165, 1.54) is 32.1 Å². The third-order valence-electron chi connectivity index (χ3n) is 5.88. The molecule has 0 amide bonds. The monoisotopic (exact) mass is 268 g/mol. The predicted molar refractivity (Wildman–Crippen MR) is 78.3 cm³/mol. The Morgan fingerprint density at radius 2 is 1.75 bits per heavy atom. The molecule has 4 heteroatoms. The quantitative estimate of drug-likeness (QED) is 0.879. The van der Waals surface area contributed by atoms with Gasteiger partial charge in [0.2, 0.25) is 0 Å². The van der Waals surface area contributed by atoms with Crippen LogP contribution in [0.3, 0.4) is 0 Å². The largest absolute Gasteiger partial charge is 0.379 e. The Labute approximate surface area is 118 Å². The summed E-state index contributed by atoms with van der Waals surface area (Å²) in [6.45, 7) is 0. The number of H-pyrrole nitrogens is 1. The van der Waals surface area contributed by atoms with Crippen molar-refractivity contribution in [3.8, 4) is 0 Å². The molecule has 2 aromatic rings. The van der Waals surface area contributed by atoms with Gasteiger partial charge in [-0.15, -0.1) is 0 Å². The van der Waals surface area contributed by atoms with Crippen LogP contribution in [0.5, 0.6) is 0 Å². The number of hydrogen-bond donors (Lipinski definition) is 2. The van der Waals surface area contributed by atoms with Crippen LogP contribution < -0.4 is 5.32 Å². The summed E-state index contributed by atoms with van der Waals surface area (Å²) in [6.07, 6.45) is 12.8. The van der Waals surface area contributed by atoms with Crippen molar-refractivity contribution < 1.29 is 0 Å². The van der Waals surface area contributed by atoms with Gasteiger partial charge in [-0.3, -0.25) is 4.98 Å². The van der Waals surface area contributed by atoms with Crippen LogP contribution in [0, 0.1) is 23.7 Å². The van der Waals surface area contributed by atoms with E-state index in [1.807, 2.05) is 12.4 Å². The van der Waals surface area contributed by atoms with Gasteiger partial charge < -0.3 is 10.3 Å². The summed E-state index contributed by atoms with van der Waals surface area (Å²) in [4.78, 5) is 11.9. The minimum absolute atomic E-state index is 0.645. The molecule has 4 aliphatic carbocycles. The zero-order valence-corrected chi connectivity index (χ0v) is 11.5. The number of fused-ring (bicyclic) bond motifs is 1. The zero-order valence-electron chi connectivity index (χ0n) is 11.5. The highest BCUT2D eigenvalue weighted by atomic mass is 15.0. The van der Waals surface area contributed by atoms with Crippen LogP contribution in [-0.2, 0) is 0 Å². The Kier molecular flexibility index (Phi) is 2.20. The molecule has 4 saturated carbocycles. The molecule has 0 aromatic carbocycles. The summed E-state index contributed by atoms with van der Waals surface area (Å²) in [6, 6.07) is 0.645. The van der Waals surface area contributed by atoms with Gasteiger partial charge in [-0.05, 0) is 55.8 Å². The number of nitrogens with one attached hydrogen (secondary N) is 2. The highest BCUT2D eigenvalue weighted by Gasteiger charge is 2.48. The van der Waals surface area contributed by atoms with Gasteiger partial charge in [0.25, 0.3) is 0 Å². The molecule has 4 aliphatic rings. The number of imidazole rings is 1. The van der Waals surface area contributed by atoms with Crippen molar-refractivity contribution in [1.82, 2.24) is 15.0 Å². The first-order valence-corrected chi connectivity index (χ1v) is 7.90. The third kappa shape index (κ3) is 1.54. The van der Waals surface area contributed by atoms with Crippen molar-refractivity contribution in [2.24, 2.45) is 23.7 Å². The highest BCUT2D eigenvalue weighted by Crippen LogP contribution is 2.54. The molecule has 0 radical (unpaired) electrons. The van der Waals surface area contributed by atoms with E-state index in [9.17, 15) is 0 Å². The van der Waals surface area contributed by atoms with E-state index >= 15 is 0 Å². The van der Waals surface area contributed by atoms with Gasteiger partial charge in [-0.1, -0.05) is 0 Å². The van der Waals surface area contributed by atoms with Crippen molar-refractivity contribution in [2.45, 2.75) is 38.1 Å². The Morgan fingerprint density at radius 1 is 1.00 bits per heavy atom. The molecule has 2 heterocycles. The summed E-state index contributed by atoms with van der Waals surface area (Å²) in [7, 11) is 0. The maximum absolute atomic E-state index is 4.44. The van der Waals surface area contributed by atoms with Crippen molar-refractivity contribution in [2.75, 3.05) is 5.32 Å². The molecule has 4 bridgehead atoms. The minimum Gasteiger partial charge on any atom is -0.379 e. The number of anilines is 1. The lowest BCUT2D eigenvalue weighted by Gasteiger charge is -2.54. The van der Waals surface area contributed by atoms with Gasteiger partial charge in [0, 0.05) is 6.04 Å². The van der Waals surface area contributed by atoms with Crippen LogP contribution in [0.4, 0.5) is 5.69 Å². The van der Waals surface area contributed by atoms with Gasteiger partial charge in [-0.2, -0.15) is 0 Å². The van der Waals surface area contributed by atoms with Crippen molar-refractivity contribution in [3.05, 3.63) is 18.7 Å². The lowest BCUT2D eigenvalue weighted by molar-refractivity contribution is 0.00757. The zero-order chi connectivity index (χ0) is 13.1. The van der Waals surface area contributed by atoms with Crippen LogP contribution in [0.1, 0.15) is 32.1 Å². The second-order valence-electron chi connectivity index (χ2n) is 7.09. The number of aromatic nitrogens is 3. The standard InChI is InChI=1S/C16H20N4/c1-9-2-11-4-10(1)5-12(3-9)15(11)20-14-7-17-6-13-16(14)19-8-18-13/h6-12,15,20H,1-5H2,(H,18,19). The maximum Gasteiger partial charge on any atom is 0.114 e. The van der Waals surface area contributed by atoms with Crippen LogP contribution in [0.15, 0.2) is 18.7 Å². The minimum atomic E-state index is 0.645. The van der Waals surface area contributed by atoms with Crippen LogP contribution in [0.2, 0.25) is 0 Å². The summed E-state index contributed by atoms with van der Waals surface area (Å²) in [5.41, 5.74) is 3.17. The van der Waals surface area contributed by atoms with Gasteiger partial charge in [0.1, 0.15) is 5.52 Å². The number of aromatic amines is 1. The smallest absolute Gasteiger partial charge is 0.114 e. The molecule has 0 atom stereocenters. The fourth-order valence-electron chi connectivity index (χ4n) is 5.31. The highest BCUT2D eigenvalue weighted by molar-refractivity contribution is 5.86. The first-order chi connectivity index (χ1) is 9.87. The number of pyridine rings is 1. The van der Waals surface area contributed by atoms with Gasteiger partial charge in [0.15, 0.2) is 0 Å². The molecule has 4 fully saturated rings. The van der Waals surface area contributed by atoms with Crippen molar-refractivity contribution >= 4 is 16.7 Å². The van der Waals surface area contributed by atoms with E-state index in [2.05, 4.69) is 20.3 Å². The molecule has 2 N–H and O–H groups in total. The van der Waals surface area contributed by atoms with Crippen LogP contribution >= 0.6 is 0 Å². The van der Waals surface area contributed by atoms with Gasteiger partial charge >= 0.3 is 0 Å². The second kappa shape index (κ2) is 3.96. The predicted octanol–water partition coefficient (Wildman–Crippen LogP) is 3.19. The number of rotatable bonds is 2. The molecule has 6 rings (SSSR count). The topological polar surface area (TPSA) is 53.6 Å². The molecular formula is C16H20N4. The molecule has 104 valence electrons. The maximum atomic E-state index is 4.44. The average molecular weight is 268 g/mol. The molecule has 0 spiro atoms. The molecule has 20 heavy (non-hydrogen) atoms. The van der Waals surface area contributed by atoms with E-state index in [0.717, 1.165) is 40.4 Å².